The van der Waals surface area contributed by atoms with Crippen molar-refractivity contribution in [1.29, 1.82) is 0 Å². The van der Waals surface area contributed by atoms with Crippen molar-refractivity contribution in [2.75, 3.05) is 26.3 Å². The third-order valence-electron chi connectivity index (χ3n) is 6.53. The first kappa shape index (κ1) is 23.2. The molecule has 180 valence electrons. The summed E-state index contributed by atoms with van der Waals surface area (Å²) < 4.78 is 36.7. The summed E-state index contributed by atoms with van der Waals surface area (Å²) in [4.78, 5) is 26.8. The van der Waals surface area contributed by atoms with E-state index < -0.39 is 10.0 Å². The lowest BCUT2D eigenvalue weighted by Gasteiger charge is -2.26. The van der Waals surface area contributed by atoms with E-state index in [1.165, 1.54) is 11.6 Å². The molecule has 1 atom stereocenters. The monoisotopic (exact) mass is 501 g/mol. The number of nitrogens with one attached hydrogen (secondary N) is 1. The van der Waals surface area contributed by atoms with E-state index >= 15 is 0 Å². The highest BCUT2D eigenvalue weighted by Crippen LogP contribution is 2.31. The fourth-order valence-electron chi connectivity index (χ4n) is 4.74. The molecule has 1 aliphatic heterocycles. The Morgan fingerprint density at radius 1 is 1.15 bits per heavy atom. The normalized spacial score (nSPS) is 18.7. The van der Waals surface area contributed by atoms with Crippen LogP contribution in [0.5, 0.6) is 0 Å². The molecule has 2 aliphatic rings. The Kier molecular flexibility index (Phi) is 6.57. The number of aryl methyl sites for hydroxylation is 2. The molecule has 1 aliphatic carbocycles. The largest absolute Gasteiger partial charge is 0.378 e. The molecule has 0 radical (unpaired) electrons. The summed E-state index contributed by atoms with van der Waals surface area (Å²) >= 11 is 1.00. The van der Waals surface area contributed by atoms with Crippen molar-refractivity contribution in [3.05, 3.63) is 63.3 Å². The third-order valence-corrected chi connectivity index (χ3v) is 8.94. The van der Waals surface area contributed by atoms with Gasteiger partial charge in [0.25, 0.3) is 0 Å². The number of carbonyl (C=O) groups excluding carboxylic acids is 1. The van der Waals surface area contributed by atoms with Crippen molar-refractivity contribution in [3.8, 4) is 0 Å². The summed E-state index contributed by atoms with van der Waals surface area (Å²) in [7, 11) is -3.77. The van der Waals surface area contributed by atoms with Crippen LogP contribution in [0.1, 0.15) is 36.4 Å². The molecular formula is C24H27N3O5S2. The van der Waals surface area contributed by atoms with Crippen LogP contribution < -0.4 is 9.60 Å². The van der Waals surface area contributed by atoms with E-state index in [0.717, 1.165) is 36.2 Å². The number of ether oxygens (including phenoxy) is 1. The molecule has 1 fully saturated rings. The van der Waals surface area contributed by atoms with Gasteiger partial charge in [-0.2, -0.15) is 0 Å². The first-order valence-electron chi connectivity index (χ1n) is 11.5. The number of aromatic nitrogens is 1. The maximum atomic E-state index is 13.2. The molecule has 8 nitrogen and oxygen atoms in total. The van der Waals surface area contributed by atoms with E-state index in [-0.39, 0.29) is 34.7 Å². The highest BCUT2D eigenvalue weighted by atomic mass is 32.2. The quantitative estimate of drug-likeness (QED) is 0.560. The van der Waals surface area contributed by atoms with Crippen LogP contribution in [0.2, 0.25) is 0 Å². The average molecular weight is 502 g/mol. The van der Waals surface area contributed by atoms with Gasteiger partial charge in [-0.15, -0.1) is 0 Å². The minimum atomic E-state index is -3.77. The SMILES string of the molecule is O=C(CCn1c(=O)sc2cc(S(=O)(=O)N[C@H]3CCCc4ccccc43)ccc21)N1CCOCC1. The molecule has 10 heteroatoms. The number of carbonyl (C=O) groups is 1. The molecule has 0 bridgehead atoms. The number of thiazole rings is 1. The fourth-order valence-corrected chi connectivity index (χ4v) is 7.04. The van der Waals surface area contributed by atoms with Crippen molar-refractivity contribution in [1.82, 2.24) is 14.2 Å². The van der Waals surface area contributed by atoms with Crippen LogP contribution in [0, 0.1) is 0 Å². The van der Waals surface area contributed by atoms with Gasteiger partial charge in [-0.25, -0.2) is 13.1 Å². The lowest BCUT2D eigenvalue weighted by molar-refractivity contribution is -0.135. The lowest BCUT2D eigenvalue weighted by atomic mass is 9.88. The molecule has 5 rings (SSSR count). The van der Waals surface area contributed by atoms with Crippen molar-refractivity contribution in [2.24, 2.45) is 0 Å². The number of morpholine rings is 1. The topological polar surface area (TPSA) is 97.7 Å². The molecule has 34 heavy (non-hydrogen) atoms. The minimum Gasteiger partial charge on any atom is -0.378 e. The van der Waals surface area contributed by atoms with Gasteiger partial charge in [-0.05, 0) is 48.6 Å². The fraction of sp³-hybridized carbons (Fsp3) is 0.417. The number of hydrogen-bond donors (Lipinski definition) is 1. The molecular weight excluding hydrogens is 474 g/mol. The zero-order chi connectivity index (χ0) is 23.7. The zero-order valence-electron chi connectivity index (χ0n) is 18.7. The van der Waals surface area contributed by atoms with Gasteiger partial charge in [0.15, 0.2) is 0 Å². The van der Waals surface area contributed by atoms with Crippen LogP contribution in [0.25, 0.3) is 10.2 Å². The Morgan fingerprint density at radius 2 is 1.94 bits per heavy atom. The van der Waals surface area contributed by atoms with E-state index in [1.54, 1.807) is 21.6 Å². The number of amides is 1. The molecule has 2 aromatic carbocycles. The minimum absolute atomic E-state index is 0.00860. The Balaban J connectivity index is 1.34. The van der Waals surface area contributed by atoms with Crippen LogP contribution in [0.15, 0.2) is 52.2 Å². The van der Waals surface area contributed by atoms with Gasteiger partial charge in [-0.3, -0.25) is 14.2 Å². The third kappa shape index (κ3) is 4.68. The maximum Gasteiger partial charge on any atom is 0.308 e. The smallest absolute Gasteiger partial charge is 0.308 e. The summed E-state index contributed by atoms with van der Waals surface area (Å²) in [6, 6.07) is 12.4. The van der Waals surface area contributed by atoms with E-state index in [2.05, 4.69) is 4.72 Å². The summed E-state index contributed by atoms with van der Waals surface area (Å²) in [5.41, 5.74) is 2.85. The molecule has 1 N–H and O–H groups in total. The van der Waals surface area contributed by atoms with Gasteiger partial charge in [0.2, 0.25) is 15.9 Å². The van der Waals surface area contributed by atoms with Gasteiger partial charge in [0.1, 0.15) is 0 Å². The highest BCUT2D eigenvalue weighted by molar-refractivity contribution is 7.89. The predicted molar refractivity (Wildman–Crippen MR) is 131 cm³/mol. The van der Waals surface area contributed by atoms with Crippen LogP contribution in [-0.2, 0) is 32.5 Å². The molecule has 3 aromatic rings. The first-order chi connectivity index (χ1) is 16.4. The second-order valence-corrected chi connectivity index (χ2v) is 11.4. The number of benzene rings is 2. The number of hydrogen-bond acceptors (Lipinski definition) is 6. The predicted octanol–water partition coefficient (Wildman–Crippen LogP) is 2.67. The van der Waals surface area contributed by atoms with Crippen molar-refractivity contribution in [3.63, 3.8) is 0 Å². The molecule has 1 amide bonds. The van der Waals surface area contributed by atoms with Crippen LogP contribution in [0.3, 0.4) is 0 Å². The Morgan fingerprint density at radius 3 is 2.76 bits per heavy atom. The van der Waals surface area contributed by atoms with E-state index in [4.69, 9.17) is 4.74 Å². The van der Waals surface area contributed by atoms with Gasteiger partial charge < -0.3 is 9.64 Å². The zero-order valence-corrected chi connectivity index (χ0v) is 20.4. The second-order valence-electron chi connectivity index (χ2n) is 8.66. The maximum absolute atomic E-state index is 13.2. The number of rotatable bonds is 6. The molecule has 2 heterocycles. The van der Waals surface area contributed by atoms with Gasteiger partial charge in [-0.1, -0.05) is 35.6 Å². The number of sulfonamides is 1. The van der Waals surface area contributed by atoms with E-state index in [1.807, 2.05) is 24.3 Å². The molecule has 1 saturated heterocycles. The van der Waals surface area contributed by atoms with E-state index in [0.29, 0.717) is 36.5 Å². The van der Waals surface area contributed by atoms with Crippen LogP contribution >= 0.6 is 11.3 Å². The summed E-state index contributed by atoms with van der Waals surface area (Å²) in [6.45, 7) is 2.46. The second kappa shape index (κ2) is 9.61. The van der Waals surface area contributed by atoms with Gasteiger partial charge in [0, 0.05) is 32.1 Å². The Labute approximate surface area is 202 Å². The average Bonchev–Trinajstić information content (AvgIpc) is 3.17. The van der Waals surface area contributed by atoms with Crippen molar-refractivity contribution >= 4 is 37.5 Å². The first-order valence-corrected chi connectivity index (χ1v) is 13.8. The Hall–Kier alpha value is -2.53. The summed E-state index contributed by atoms with van der Waals surface area (Å²) in [6.07, 6.45) is 2.85. The molecule has 1 aromatic heterocycles. The molecule has 0 unspecified atom stereocenters. The van der Waals surface area contributed by atoms with Gasteiger partial charge in [0.05, 0.1) is 28.3 Å². The lowest BCUT2D eigenvalue weighted by Crippen LogP contribution is -2.41. The van der Waals surface area contributed by atoms with Crippen molar-refractivity contribution < 1.29 is 17.9 Å². The molecule has 0 saturated carbocycles. The number of nitrogens with zero attached hydrogens (tertiary/aromatic N) is 2. The van der Waals surface area contributed by atoms with Gasteiger partial charge >= 0.3 is 4.87 Å². The Bertz CT molecular complexity index is 1370. The standard InChI is InChI=1S/C24H27N3O5S2/c28-23(26-12-14-32-15-13-26)10-11-27-21-9-8-18(16-22(21)33-24(27)29)34(30,31)25-20-7-3-5-17-4-1-2-6-19(17)20/h1-2,4,6,8-9,16,20,25H,3,5,7,10-15H2/t20-/m0/s1. The van der Waals surface area contributed by atoms with Crippen molar-refractivity contribution in [2.45, 2.75) is 43.2 Å². The molecule has 0 spiro atoms. The highest BCUT2D eigenvalue weighted by Gasteiger charge is 2.26. The van der Waals surface area contributed by atoms with E-state index in [9.17, 15) is 18.0 Å². The number of fused-ring (bicyclic) bond motifs is 2. The van der Waals surface area contributed by atoms with Crippen LogP contribution in [0.4, 0.5) is 0 Å². The van der Waals surface area contributed by atoms with Crippen LogP contribution in [-0.4, -0.2) is 50.1 Å². The summed E-state index contributed by atoms with van der Waals surface area (Å²) in [5, 5.41) is 0. The summed E-state index contributed by atoms with van der Waals surface area (Å²) in [5.74, 6) is -0.00860.